The van der Waals surface area contributed by atoms with Crippen molar-refractivity contribution < 1.29 is 9.47 Å². The van der Waals surface area contributed by atoms with Gasteiger partial charge in [-0.3, -0.25) is 0 Å². The molecule has 94 valence electrons. The third-order valence-electron chi connectivity index (χ3n) is 2.85. The van der Waals surface area contributed by atoms with Crippen molar-refractivity contribution in [3.05, 3.63) is 28.2 Å². The second-order valence-electron chi connectivity index (χ2n) is 4.20. The molecule has 0 aromatic heterocycles. The van der Waals surface area contributed by atoms with Crippen molar-refractivity contribution in [1.82, 2.24) is 0 Å². The van der Waals surface area contributed by atoms with Gasteiger partial charge in [-0.2, -0.15) is 0 Å². The van der Waals surface area contributed by atoms with Gasteiger partial charge in [0.25, 0.3) is 0 Å². The highest BCUT2D eigenvalue weighted by atomic mass is 79.9. The smallest absolute Gasteiger partial charge is 0.133 e. The molecule has 1 aromatic rings. The van der Waals surface area contributed by atoms with Crippen LogP contribution in [0.15, 0.2) is 22.7 Å². The summed E-state index contributed by atoms with van der Waals surface area (Å²) in [5.74, 6) is 1.37. The summed E-state index contributed by atoms with van der Waals surface area (Å²) in [6.45, 7) is 1.49. The molecule has 4 heteroatoms. The standard InChI is InChI=1S/C13H16BrClO2/c14-12-7-10(8-15)4-5-13(12)17-9-11-3-1-2-6-16-11/h4-5,7,11H,1-3,6,8-9H2. The molecule has 0 spiro atoms. The molecule has 1 heterocycles. The van der Waals surface area contributed by atoms with Gasteiger partial charge in [-0.25, -0.2) is 0 Å². The fraction of sp³-hybridized carbons (Fsp3) is 0.538. The maximum Gasteiger partial charge on any atom is 0.133 e. The largest absolute Gasteiger partial charge is 0.490 e. The molecule has 0 aliphatic carbocycles. The second-order valence-corrected chi connectivity index (χ2v) is 5.32. The van der Waals surface area contributed by atoms with Gasteiger partial charge < -0.3 is 9.47 Å². The Morgan fingerprint density at radius 3 is 2.94 bits per heavy atom. The molecule has 17 heavy (non-hydrogen) atoms. The number of alkyl halides is 1. The summed E-state index contributed by atoms with van der Waals surface area (Å²) in [5, 5.41) is 0. The topological polar surface area (TPSA) is 18.5 Å². The zero-order chi connectivity index (χ0) is 12.1. The van der Waals surface area contributed by atoms with Crippen LogP contribution in [0.2, 0.25) is 0 Å². The molecule has 2 nitrogen and oxygen atoms in total. The molecule has 0 saturated carbocycles. The summed E-state index contributed by atoms with van der Waals surface area (Å²) in [6.07, 6.45) is 3.74. The fourth-order valence-corrected chi connectivity index (χ4v) is 2.57. The van der Waals surface area contributed by atoms with Crippen molar-refractivity contribution in [2.24, 2.45) is 0 Å². The van der Waals surface area contributed by atoms with E-state index < -0.39 is 0 Å². The van der Waals surface area contributed by atoms with E-state index in [2.05, 4.69) is 15.9 Å². The Kier molecular flexibility index (Phi) is 5.14. The molecule has 1 fully saturated rings. The highest BCUT2D eigenvalue weighted by Gasteiger charge is 2.15. The zero-order valence-corrected chi connectivity index (χ0v) is 12.0. The number of hydrogen-bond donors (Lipinski definition) is 0. The maximum absolute atomic E-state index is 5.77. The first-order valence-electron chi connectivity index (χ1n) is 5.88. The fourth-order valence-electron chi connectivity index (χ4n) is 1.87. The molecule has 0 radical (unpaired) electrons. The molecule has 1 unspecified atom stereocenters. The Bertz CT molecular complexity index is 364. The van der Waals surface area contributed by atoms with Gasteiger partial charge in [0.2, 0.25) is 0 Å². The number of benzene rings is 1. The summed E-state index contributed by atoms with van der Waals surface area (Å²) < 4.78 is 12.3. The van der Waals surface area contributed by atoms with E-state index in [4.69, 9.17) is 21.1 Å². The minimum Gasteiger partial charge on any atom is -0.490 e. The second kappa shape index (κ2) is 6.62. The molecule has 1 aliphatic heterocycles. The Morgan fingerprint density at radius 2 is 2.29 bits per heavy atom. The van der Waals surface area contributed by atoms with Crippen molar-refractivity contribution in [2.45, 2.75) is 31.2 Å². The highest BCUT2D eigenvalue weighted by Crippen LogP contribution is 2.27. The monoisotopic (exact) mass is 318 g/mol. The van der Waals surface area contributed by atoms with Crippen molar-refractivity contribution in [3.8, 4) is 5.75 Å². The van der Waals surface area contributed by atoms with Crippen LogP contribution in [-0.4, -0.2) is 19.3 Å². The van der Waals surface area contributed by atoms with E-state index in [1.54, 1.807) is 0 Å². The normalized spacial score (nSPS) is 20.2. The molecule has 1 atom stereocenters. The van der Waals surface area contributed by atoms with Gasteiger partial charge >= 0.3 is 0 Å². The van der Waals surface area contributed by atoms with E-state index >= 15 is 0 Å². The van der Waals surface area contributed by atoms with Gasteiger partial charge in [-0.1, -0.05) is 6.07 Å². The van der Waals surface area contributed by atoms with Crippen molar-refractivity contribution in [3.63, 3.8) is 0 Å². The molecule has 0 N–H and O–H groups in total. The predicted octanol–water partition coefficient (Wildman–Crippen LogP) is 4.14. The van der Waals surface area contributed by atoms with Gasteiger partial charge in [0.1, 0.15) is 12.4 Å². The average molecular weight is 320 g/mol. The van der Waals surface area contributed by atoms with E-state index in [9.17, 15) is 0 Å². The minimum absolute atomic E-state index is 0.239. The lowest BCUT2D eigenvalue weighted by molar-refractivity contribution is -0.0112. The number of rotatable bonds is 4. The Labute approximate surface area is 115 Å². The van der Waals surface area contributed by atoms with Crippen molar-refractivity contribution in [1.29, 1.82) is 0 Å². The van der Waals surface area contributed by atoms with Crippen LogP contribution in [0.25, 0.3) is 0 Å². The van der Waals surface area contributed by atoms with E-state index in [-0.39, 0.29) is 6.10 Å². The minimum atomic E-state index is 0.239. The van der Waals surface area contributed by atoms with Crippen LogP contribution >= 0.6 is 27.5 Å². The lowest BCUT2D eigenvalue weighted by Crippen LogP contribution is -2.25. The number of halogens is 2. The number of ether oxygens (including phenoxy) is 2. The summed E-state index contributed by atoms with van der Waals surface area (Å²) >= 11 is 9.26. The predicted molar refractivity (Wildman–Crippen MR) is 72.8 cm³/mol. The summed E-state index contributed by atoms with van der Waals surface area (Å²) in [4.78, 5) is 0. The van der Waals surface area contributed by atoms with Crippen LogP contribution in [0.5, 0.6) is 5.75 Å². The van der Waals surface area contributed by atoms with Crippen LogP contribution in [0.4, 0.5) is 0 Å². The van der Waals surface area contributed by atoms with Gasteiger partial charge in [-0.05, 0) is 52.9 Å². The van der Waals surface area contributed by atoms with E-state index in [1.165, 1.54) is 12.8 Å². The first kappa shape index (κ1) is 13.2. The lowest BCUT2D eigenvalue weighted by Gasteiger charge is -2.22. The molecule has 1 saturated heterocycles. The lowest BCUT2D eigenvalue weighted by atomic mass is 10.1. The summed E-state index contributed by atoms with van der Waals surface area (Å²) in [5.41, 5.74) is 1.08. The third-order valence-corrected chi connectivity index (χ3v) is 3.78. The van der Waals surface area contributed by atoms with E-state index in [1.807, 2.05) is 18.2 Å². The SMILES string of the molecule is ClCc1ccc(OCC2CCCCO2)c(Br)c1. The zero-order valence-electron chi connectivity index (χ0n) is 9.62. The average Bonchev–Trinajstić information content (AvgIpc) is 2.38. The number of hydrogen-bond acceptors (Lipinski definition) is 2. The third kappa shape index (κ3) is 3.87. The maximum atomic E-state index is 5.77. The molecule has 1 aromatic carbocycles. The van der Waals surface area contributed by atoms with Crippen LogP contribution in [-0.2, 0) is 10.6 Å². The van der Waals surface area contributed by atoms with Gasteiger partial charge in [0.05, 0.1) is 10.6 Å². The Balaban J connectivity index is 1.89. The summed E-state index contributed by atoms with van der Waals surface area (Å²) in [6, 6.07) is 5.92. The first-order chi connectivity index (χ1) is 8.29. The molecular formula is C13H16BrClO2. The first-order valence-corrected chi connectivity index (χ1v) is 7.21. The van der Waals surface area contributed by atoms with Gasteiger partial charge in [-0.15, -0.1) is 11.6 Å². The van der Waals surface area contributed by atoms with Gasteiger partial charge in [0, 0.05) is 12.5 Å². The van der Waals surface area contributed by atoms with Crippen LogP contribution in [0, 0.1) is 0 Å². The van der Waals surface area contributed by atoms with Crippen LogP contribution in [0.1, 0.15) is 24.8 Å². The van der Waals surface area contributed by atoms with Gasteiger partial charge in [0.15, 0.2) is 0 Å². The molecule has 1 aliphatic rings. The van der Waals surface area contributed by atoms with Crippen molar-refractivity contribution in [2.75, 3.05) is 13.2 Å². The van der Waals surface area contributed by atoms with E-state index in [0.29, 0.717) is 12.5 Å². The highest BCUT2D eigenvalue weighted by molar-refractivity contribution is 9.10. The van der Waals surface area contributed by atoms with Crippen molar-refractivity contribution >= 4 is 27.5 Å². The van der Waals surface area contributed by atoms with Crippen LogP contribution in [0.3, 0.4) is 0 Å². The Morgan fingerprint density at radius 1 is 1.41 bits per heavy atom. The molecule has 0 bridgehead atoms. The Hall–Kier alpha value is -0.250. The summed E-state index contributed by atoms with van der Waals surface area (Å²) in [7, 11) is 0. The molecule has 2 rings (SSSR count). The quantitative estimate of drug-likeness (QED) is 0.777. The molecular weight excluding hydrogens is 303 g/mol. The van der Waals surface area contributed by atoms with Crippen LogP contribution < -0.4 is 4.74 Å². The van der Waals surface area contributed by atoms with E-state index in [0.717, 1.165) is 28.8 Å². The molecule has 0 amide bonds.